The van der Waals surface area contributed by atoms with Crippen molar-refractivity contribution in [2.75, 3.05) is 39.3 Å². The van der Waals surface area contributed by atoms with Crippen LogP contribution in [0.25, 0.3) is 0 Å². The lowest BCUT2D eigenvalue weighted by molar-refractivity contribution is 0.0602. The number of hydrogen-bond acceptors (Lipinski definition) is 6. The SMILES string of the molecule is CC(c1ccc([N+](O)(S)c2cccc(OCCCCN)c2)cc1)N1CCN(C2CCCCC2)CC1. The summed E-state index contributed by atoms with van der Waals surface area (Å²) in [5.74, 6) is 0.725. The van der Waals surface area contributed by atoms with E-state index >= 15 is 0 Å². The second-order valence-electron chi connectivity index (χ2n) is 10.1. The summed E-state index contributed by atoms with van der Waals surface area (Å²) in [5.41, 5.74) is 8.17. The Labute approximate surface area is 216 Å². The molecule has 2 fully saturated rings. The van der Waals surface area contributed by atoms with Crippen LogP contribution in [-0.4, -0.2) is 60.4 Å². The van der Waals surface area contributed by atoms with Crippen molar-refractivity contribution in [2.24, 2.45) is 5.73 Å². The van der Waals surface area contributed by atoms with Gasteiger partial charge in [0.15, 0.2) is 11.4 Å². The van der Waals surface area contributed by atoms with Crippen molar-refractivity contribution in [1.82, 2.24) is 13.9 Å². The minimum Gasteiger partial charge on any atom is -0.493 e. The number of thiol groups is 1. The van der Waals surface area contributed by atoms with Crippen LogP contribution in [0.3, 0.4) is 0 Å². The molecule has 2 atom stereocenters. The molecule has 35 heavy (non-hydrogen) atoms. The second kappa shape index (κ2) is 12.6. The van der Waals surface area contributed by atoms with E-state index in [1.165, 1.54) is 50.8 Å². The quantitative estimate of drug-likeness (QED) is 0.170. The third kappa shape index (κ3) is 6.79. The predicted molar refractivity (Wildman–Crippen MR) is 147 cm³/mol. The average molecular weight is 500 g/mol. The van der Waals surface area contributed by atoms with Gasteiger partial charge in [-0.25, -0.2) is 0 Å². The normalized spacial score (nSPS) is 20.9. The molecule has 0 aromatic heterocycles. The zero-order chi connectivity index (χ0) is 24.7. The fourth-order valence-electron chi connectivity index (χ4n) is 5.46. The molecule has 7 heteroatoms. The number of ether oxygens (including phenoxy) is 1. The number of hydrogen-bond donors (Lipinski definition) is 3. The summed E-state index contributed by atoms with van der Waals surface area (Å²) in [6, 6.07) is 16.9. The summed E-state index contributed by atoms with van der Waals surface area (Å²) in [5, 5.41) is 11.2. The van der Waals surface area contributed by atoms with Crippen LogP contribution in [0.4, 0.5) is 11.4 Å². The molecule has 1 saturated carbocycles. The molecule has 0 bridgehead atoms. The minimum atomic E-state index is -0.616. The van der Waals surface area contributed by atoms with Gasteiger partial charge in [-0.05, 0) is 50.8 Å². The Morgan fingerprint density at radius 1 is 1.00 bits per heavy atom. The van der Waals surface area contributed by atoms with Gasteiger partial charge in [0.2, 0.25) is 0 Å². The maximum atomic E-state index is 11.2. The Hall–Kier alpha value is -1.61. The minimum absolute atomic E-state index is 0.350. The molecule has 2 unspecified atom stereocenters. The topological polar surface area (TPSA) is 62.0 Å². The monoisotopic (exact) mass is 499 g/mol. The molecule has 1 saturated heterocycles. The van der Waals surface area contributed by atoms with Crippen molar-refractivity contribution < 1.29 is 9.94 Å². The molecule has 0 spiro atoms. The molecule has 0 amide bonds. The number of nitrogens with zero attached hydrogens (tertiary/aromatic N) is 3. The Morgan fingerprint density at radius 3 is 2.40 bits per heavy atom. The molecule has 0 radical (unpaired) electrons. The van der Waals surface area contributed by atoms with E-state index in [-0.39, 0.29) is 0 Å². The van der Waals surface area contributed by atoms with Crippen molar-refractivity contribution in [3.63, 3.8) is 0 Å². The fourth-order valence-corrected chi connectivity index (χ4v) is 5.72. The maximum Gasteiger partial charge on any atom is 0.186 e. The van der Waals surface area contributed by atoms with Crippen LogP contribution in [0.15, 0.2) is 48.5 Å². The fraction of sp³-hybridized carbons (Fsp3) is 0.571. The second-order valence-corrected chi connectivity index (χ2v) is 10.7. The van der Waals surface area contributed by atoms with Crippen molar-refractivity contribution in [2.45, 2.75) is 64.0 Å². The van der Waals surface area contributed by atoms with Crippen LogP contribution in [0.1, 0.15) is 63.5 Å². The highest BCUT2D eigenvalue weighted by atomic mass is 32.1. The summed E-state index contributed by atoms with van der Waals surface area (Å²) in [7, 11) is 0. The van der Waals surface area contributed by atoms with Crippen LogP contribution in [-0.2, 0) is 0 Å². The van der Waals surface area contributed by atoms with Gasteiger partial charge in [-0.1, -0.05) is 41.5 Å². The first-order chi connectivity index (χ1) is 17.0. The number of piperazine rings is 1. The van der Waals surface area contributed by atoms with Crippen molar-refractivity contribution in [3.05, 3.63) is 54.1 Å². The number of quaternary nitrogens is 1. The summed E-state index contributed by atoms with van der Waals surface area (Å²) in [6.45, 7) is 8.14. The Kier molecular flexibility index (Phi) is 9.50. The van der Waals surface area contributed by atoms with E-state index in [2.05, 4.69) is 41.7 Å². The number of benzene rings is 2. The molecular formula is C28H43N4O2S+. The van der Waals surface area contributed by atoms with Crippen LogP contribution >= 0.6 is 12.8 Å². The number of unbranched alkanes of at least 4 members (excludes halogenated alkanes) is 1. The maximum absolute atomic E-state index is 11.2. The lowest BCUT2D eigenvalue weighted by atomic mass is 9.93. The molecule has 4 rings (SSSR count). The van der Waals surface area contributed by atoms with Crippen molar-refractivity contribution in [3.8, 4) is 5.75 Å². The summed E-state index contributed by atoms with van der Waals surface area (Å²) in [6.07, 6.45) is 8.82. The zero-order valence-corrected chi connectivity index (χ0v) is 22.1. The highest BCUT2D eigenvalue weighted by Gasteiger charge is 2.31. The van der Waals surface area contributed by atoms with E-state index in [0.717, 1.165) is 37.7 Å². The number of nitrogens with two attached hydrogens (primary N) is 1. The van der Waals surface area contributed by atoms with Gasteiger partial charge < -0.3 is 10.5 Å². The lowest BCUT2D eigenvalue weighted by Crippen LogP contribution is -2.51. The van der Waals surface area contributed by atoms with Crippen molar-refractivity contribution >= 4 is 24.2 Å². The van der Waals surface area contributed by atoms with E-state index in [0.29, 0.717) is 30.6 Å². The third-order valence-corrected chi connectivity index (χ3v) is 8.23. The van der Waals surface area contributed by atoms with Gasteiger partial charge in [0, 0.05) is 62.5 Å². The van der Waals surface area contributed by atoms with E-state index in [4.69, 9.17) is 10.5 Å². The Balaban J connectivity index is 1.35. The summed E-state index contributed by atoms with van der Waals surface area (Å²) < 4.78 is 5.21. The molecule has 1 aliphatic carbocycles. The van der Waals surface area contributed by atoms with Crippen LogP contribution in [0.5, 0.6) is 5.75 Å². The van der Waals surface area contributed by atoms with Gasteiger partial charge in [-0.3, -0.25) is 9.80 Å². The van der Waals surface area contributed by atoms with Gasteiger partial charge >= 0.3 is 0 Å². The molecule has 1 heterocycles. The summed E-state index contributed by atoms with van der Waals surface area (Å²) in [4.78, 5) is 5.31. The lowest BCUT2D eigenvalue weighted by Gasteiger charge is -2.42. The van der Waals surface area contributed by atoms with E-state index in [1.54, 1.807) is 0 Å². The van der Waals surface area contributed by atoms with Crippen molar-refractivity contribution in [1.29, 1.82) is 0 Å². The van der Waals surface area contributed by atoms with Gasteiger partial charge in [0.25, 0.3) is 0 Å². The smallest absolute Gasteiger partial charge is 0.186 e. The van der Waals surface area contributed by atoms with E-state index in [1.807, 2.05) is 36.4 Å². The number of rotatable bonds is 10. The average Bonchev–Trinajstić information content (AvgIpc) is 2.91. The van der Waals surface area contributed by atoms with Gasteiger partial charge in [0.05, 0.1) is 6.61 Å². The predicted octanol–water partition coefficient (Wildman–Crippen LogP) is 5.69. The summed E-state index contributed by atoms with van der Waals surface area (Å²) >= 11 is 4.59. The van der Waals surface area contributed by atoms with Gasteiger partial charge in [-0.2, -0.15) is 5.21 Å². The van der Waals surface area contributed by atoms with Gasteiger partial charge in [-0.15, -0.1) is 0 Å². The van der Waals surface area contributed by atoms with Crippen LogP contribution in [0.2, 0.25) is 0 Å². The standard InChI is InChI=1S/C28H43N4O2S/c1-23(30-17-19-31(20-18-30)25-8-3-2-4-9-25)24-12-14-26(15-13-24)32(33,35)27-10-7-11-28(22-27)34-21-6-5-16-29/h7,10-15,22-23,25,33,35H,2-6,8-9,16-21,29H2,1H3/q+1. The zero-order valence-electron chi connectivity index (χ0n) is 21.2. The first-order valence-electron chi connectivity index (χ1n) is 13.4. The van der Waals surface area contributed by atoms with Crippen LogP contribution in [0, 0.1) is 0 Å². The molecule has 1 aliphatic heterocycles. The highest BCUT2D eigenvalue weighted by Crippen LogP contribution is 2.37. The third-order valence-electron chi connectivity index (χ3n) is 7.77. The van der Waals surface area contributed by atoms with E-state index in [9.17, 15) is 5.21 Å². The molecule has 6 nitrogen and oxygen atoms in total. The highest BCUT2D eigenvalue weighted by molar-refractivity contribution is 7.79. The first-order valence-corrected chi connectivity index (χ1v) is 13.8. The molecule has 2 aromatic carbocycles. The molecule has 2 aliphatic rings. The largest absolute Gasteiger partial charge is 0.493 e. The van der Waals surface area contributed by atoms with Gasteiger partial charge in [0.1, 0.15) is 18.6 Å². The Bertz CT molecular complexity index is 909. The molecule has 2 aromatic rings. The molecular weight excluding hydrogens is 456 g/mol. The van der Waals surface area contributed by atoms with Crippen LogP contribution < -0.4 is 14.5 Å². The Morgan fingerprint density at radius 2 is 1.71 bits per heavy atom. The first kappa shape index (κ1) is 26.5. The van der Waals surface area contributed by atoms with E-state index < -0.39 is 4.05 Å². The molecule has 3 N–H and O–H groups in total. The molecule has 192 valence electrons.